The lowest BCUT2D eigenvalue weighted by atomic mass is 9.71. The molecule has 0 bridgehead atoms. The fourth-order valence-electron chi connectivity index (χ4n) is 6.56. The Morgan fingerprint density at radius 2 is 1.74 bits per heavy atom. The van der Waals surface area contributed by atoms with Crippen molar-refractivity contribution < 1.29 is 49.0 Å². The molecule has 3 aromatic rings. The van der Waals surface area contributed by atoms with Crippen molar-refractivity contribution in [1.29, 1.82) is 0 Å². The Kier molecular flexibility index (Phi) is 8.36. The molecule has 47 heavy (non-hydrogen) atoms. The number of hydrazone groups is 1. The molecule has 1 heterocycles. The van der Waals surface area contributed by atoms with Crippen LogP contribution < -0.4 is 15.9 Å². The number of carbonyl (C=O) groups excluding carboxylic acids is 3. The van der Waals surface area contributed by atoms with Gasteiger partial charge in [-0.15, -0.1) is 0 Å². The van der Waals surface area contributed by atoms with E-state index in [0.29, 0.717) is 5.56 Å². The van der Waals surface area contributed by atoms with Crippen molar-refractivity contribution in [2.45, 2.75) is 69.4 Å². The van der Waals surface area contributed by atoms with Crippen LogP contribution in [0.15, 0.2) is 53.6 Å². The van der Waals surface area contributed by atoms with Gasteiger partial charge in [-0.3, -0.25) is 14.4 Å². The first-order chi connectivity index (χ1) is 22.4. The highest BCUT2D eigenvalue weighted by molar-refractivity contribution is 6.31. The van der Waals surface area contributed by atoms with Crippen LogP contribution >= 0.6 is 0 Å². The third kappa shape index (κ3) is 5.45. The van der Waals surface area contributed by atoms with Gasteiger partial charge >= 0.3 is 0 Å². The number of rotatable bonds is 6. The van der Waals surface area contributed by atoms with Gasteiger partial charge in [0.15, 0.2) is 12.1 Å². The van der Waals surface area contributed by atoms with Crippen molar-refractivity contribution >= 4 is 23.2 Å². The summed E-state index contributed by atoms with van der Waals surface area (Å²) in [7, 11) is 1.34. The smallest absolute Gasteiger partial charge is 0.271 e. The fourth-order valence-corrected chi connectivity index (χ4v) is 6.56. The fraction of sp³-hybridized carbons (Fsp3) is 0.353. The largest absolute Gasteiger partial charge is 0.507 e. The van der Waals surface area contributed by atoms with Gasteiger partial charge in [-0.25, -0.2) is 5.43 Å². The first-order valence-electron chi connectivity index (χ1n) is 15.1. The summed E-state index contributed by atoms with van der Waals surface area (Å²) < 4.78 is 17.5. The second-order valence-corrected chi connectivity index (χ2v) is 12.1. The predicted molar refractivity (Wildman–Crippen MR) is 167 cm³/mol. The summed E-state index contributed by atoms with van der Waals surface area (Å²) in [6.45, 7) is 3.09. The minimum absolute atomic E-state index is 0.0196. The number of phenolic OH excluding ortho intramolecular Hbond substituents is 2. The maximum absolute atomic E-state index is 13.9. The Hall–Kier alpha value is -4.66. The molecular weight excluding hydrogens is 610 g/mol. The van der Waals surface area contributed by atoms with E-state index < -0.39 is 76.3 Å². The van der Waals surface area contributed by atoms with Crippen LogP contribution in [0.1, 0.15) is 86.1 Å². The van der Waals surface area contributed by atoms with E-state index in [-0.39, 0.29) is 53.0 Å². The second kappa shape index (κ2) is 12.2. The minimum atomic E-state index is -1.88. The molecule has 1 saturated heterocycles. The molecule has 13 nitrogen and oxygen atoms in total. The molecule has 7 N–H and O–H groups in total. The van der Waals surface area contributed by atoms with Gasteiger partial charge in [-0.1, -0.05) is 30.3 Å². The number of ketones is 2. The molecule has 3 aromatic carbocycles. The molecule has 0 saturated carbocycles. The van der Waals surface area contributed by atoms with Gasteiger partial charge < -0.3 is 40.4 Å². The number of nitrogens with zero attached hydrogens (tertiary/aromatic N) is 1. The van der Waals surface area contributed by atoms with Crippen molar-refractivity contribution in [2.75, 3.05) is 7.11 Å². The summed E-state index contributed by atoms with van der Waals surface area (Å²) in [5.41, 5.74) is 6.04. The Morgan fingerprint density at radius 1 is 1.04 bits per heavy atom. The zero-order valence-corrected chi connectivity index (χ0v) is 25.9. The molecule has 1 fully saturated rings. The standard InChI is InChI=1S/C34H35N3O10/c1-15-28(38)20(35)12-23(46-15)47-22-14-34(44,16(2)36-37-33(43)17-8-5-4-6-9-17)13-19-25(22)32(42)27-26(30(19)40)29(39)18-10-7-11-21(45-3)24(18)31(27)41/h4-11,15,20,22-23,28,38,40,42,44H,12-14,35H2,1-3H3,(H,37,43). The average Bonchev–Trinajstić information content (AvgIpc) is 3.06. The molecule has 246 valence electrons. The number of nitrogens with one attached hydrogen (secondary N) is 1. The first kappa shape index (κ1) is 32.3. The van der Waals surface area contributed by atoms with Crippen LogP contribution in [-0.4, -0.2) is 80.9 Å². The summed E-state index contributed by atoms with van der Waals surface area (Å²) in [4.78, 5) is 40.4. The van der Waals surface area contributed by atoms with Gasteiger partial charge in [-0.2, -0.15) is 5.10 Å². The normalized spacial score (nSPS) is 27.0. The molecule has 6 atom stereocenters. The first-order valence-corrected chi connectivity index (χ1v) is 15.1. The Morgan fingerprint density at radius 3 is 2.43 bits per heavy atom. The van der Waals surface area contributed by atoms with Crippen LogP contribution in [0.3, 0.4) is 0 Å². The van der Waals surface area contributed by atoms with Crippen LogP contribution in [0.4, 0.5) is 0 Å². The molecule has 3 aliphatic rings. The number of aliphatic hydroxyl groups is 2. The van der Waals surface area contributed by atoms with Crippen LogP contribution in [0.2, 0.25) is 0 Å². The van der Waals surface area contributed by atoms with Gasteiger partial charge in [0, 0.05) is 47.6 Å². The zero-order chi connectivity index (χ0) is 33.8. The maximum Gasteiger partial charge on any atom is 0.271 e. The van der Waals surface area contributed by atoms with E-state index in [1.54, 1.807) is 37.3 Å². The molecule has 2 aliphatic carbocycles. The van der Waals surface area contributed by atoms with Gasteiger partial charge in [-0.05, 0) is 32.0 Å². The molecule has 13 heteroatoms. The molecule has 0 radical (unpaired) electrons. The lowest BCUT2D eigenvalue weighted by Crippen LogP contribution is -2.52. The van der Waals surface area contributed by atoms with Crippen LogP contribution in [0.5, 0.6) is 17.2 Å². The van der Waals surface area contributed by atoms with Gasteiger partial charge in [0.1, 0.15) is 22.8 Å². The number of nitrogens with two attached hydrogens (primary N) is 1. The van der Waals surface area contributed by atoms with Crippen molar-refractivity contribution in [3.05, 3.63) is 87.5 Å². The number of methoxy groups -OCH3 is 1. The highest BCUT2D eigenvalue weighted by Gasteiger charge is 2.49. The lowest BCUT2D eigenvalue weighted by molar-refractivity contribution is -0.245. The summed E-state index contributed by atoms with van der Waals surface area (Å²) in [5, 5.41) is 50.0. The second-order valence-electron chi connectivity index (χ2n) is 12.1. The van der Waals surface area contributed by atoms with Crippen LogP contribution in [0, 0.1) is 0 Å². The van der Waals surface area contributed by atoms with E-state index in [0.717, 1.165) is 0 Å². The van der Waals surface area contributed by atoms with Crippen LogP contribution in [0.25, 0.3) is 0 Å². The monoisotopic (exact) mass is 645 g/mol. The van der Waals surface area contributed by atoms with Gasteiger partial charge in [0.25, 0.3) is 5.91 Å². The Labute approximate surface area is 269 Å². The number of ether oxygens (including phenoxy) is 3. The molecule has 1 amide bonds. The number of amides is 1. The van der Waals surface area contributed by atoms with Crippen LogP contribution in [-0.2, 0) is 15.9 Å². The van der Waals surface area contributed by atoms with E-state index >= 15 is 0 Å². The van der Waals surface area contributed by atoms with E-state index in [4.69, 9.17) is 19.9 Å². The van der Waals surface area contributed by atoms with Gasteiger partial charge in [0.2, 0.25) is 5.78 Å². The van der Waals surface area contributed by atoms with E-state index in [1.165, 1.54) is 32.2 Å². The van der Waals surface area contributed by atoms with E-state index in [9.17, 15) is 34.8 Å². The van der Waals surface area contributed by atoms with E-state index in [1.807, 2.05) is 0 Å². The molecule has 0 aromatic heterocycles. The minimum Gasteiger partial charge on any atom is -0.507 e. The van der Waals surface area contributed by atoms with Crippen molar-refractivity contribution in [3.8, 4) is 17.2 Å². The average molecular weight is 646 g/mol. The highest BCUT2D eigenvalue weighted by Crippen LogP contribution is 2.52. The number of carbonyl (C=O) groups is 3. The zero-order valence-electron chi connectivity index (χ0n) is 25.9. The van der Waals surface area contributed by atoms with Crippen molar-refractivity contribution in [1.82, 2.24) is 5.43 Å². The third-order valence-corrected chi connectivity index (χ3v) is 9.18. The van der Waals surface area contributed by atoms with Gasteiger partial charge in [0.05, 0.1) is 47.8 Å². The number of fused-ring (bicyclic) bond motifs is 3. The number of hydrogen-bond donors (Lipinski definition) is 6. The quantitative estimate of drug-likeness (QED) is 0.102. The van der Waals surface area contributed by atoms with Crippen molar-refractivity contribution in [2.24, 2.45) is 10.8 Å². The molecule has 1 aliphatic heterocycles. The summed E-state index contributed by atoms with van der Waals surface area (Å²) >= 11 is 0. The highest BCUT2D eigenvalue weighted by atomic mass is 16.7. The molecule has 0 spiro atoms. The number of phenols is 2. The number of benzene rings is 3. The molecular formula is C34H35N3O10. The SMILES string of the molecule is COc1cccc2c1C(=O)c1c(O)c3c(c(O)c1C2=O)CC(O)(C(C)=NNC(=O)c1ccccc1)CC3OC1CC(N)C(O)C(C)O1. The van der Waals surface area contributed by atoms with Crippen molar-refractivity contribution in [3.63, 3.8) is 0 Å². The third-order valence-electron chi connectivity index (χ3n) is 9.18. The summed E-state index contributed by atoms with van der Waals surface area (Å²) in [6.07, 6.45) is -4.51. The number of aliphatic hydroxyl groups excluding tert-OH is 1. The Balaban J connectivity index is 1.46. The topological polar surface area (TPSA) is 210 Å². The molecule has 6 rings (SSSR count). The maximum atomic E-state index is 13.9. The summed E-state index contributed by atoms with van der Waals surface area (Å²) in [6, 6.07) is 12.1. The molecule has 6 unspecified atom stereocenters. The lowest BCUT2D eigenvalue weighted by Gasteiger charge is -2.42. The summed E-state index contributed by atoms with van der Waals surface area (Å²) in [5.74, 6) is -3.08. The number of aromatic hydroxyl groups is 2. The predicted octanol–water partition coefficient (Wildman–Crippen LogP) is 2.25. The Bertz CT molecular complexity index is 1800. The number of hydrogen-bond acceptors (Lipinski definition) is 12. The van der Waals surface area contributed by atoms with E-state index in [2.05, 4.69) is 10.5 Å².